The van der Waals surface area contributed by atoms with Gasteiger partial charge >= 0.3 is 0 Å². The van der Waals surface area contributed by atoms with E-state index in [1.165, 1.54) is 0 Å². The summed E-state index contributed by atoms with van der Waals surface area (Å²) < 4.78 is 6.06. The van der Waals surface area contributed by atoms with Gasteiger partial charge in [0.25, 0.3) is 0 Å². The van der Waals surface area contributed by atoms with Crippen LogP contribution in [0.1, 0.15) is 77.4 Å². The molecule has 0 aliphatic carbocycles. The van der Waals surface area contributed by atoms with Crippen LogP contribution in [0, 0.1) is 24.2 Å². The number of ether oxygens (including phenoxy) is 1. The third-order valence-corrected chi connectivity index (χ3v) is 8.48. The summed E-state index contributed by atoms with van der Waals surface area (Å²) in [6, 6.07) is 0.686. The van der Waals surface area contributed by atoms with E-state index in [1.54, 1.807) is 32.1 Å². The number of fused-ring (bicyclic) bond motifs is 1. The van der Waals surface area contributed by atoms with Crippen molar-refractivity contribution in [2.45, 2.75) is 110 Å². The van der Waals surface area contributed by atoms with Crippen LogP contribution in [0.25, 0.3) is 6.08 Å². The number of hydrogen-bond acceptors (Lipinski definition) is 8. The molecule has 0 spiro atoms. The SMILES string of the molecule is C/C(=C\c1csc(C)n1)C1CC2NC2CCC[C@H](C)[C@H](O)[C@@H](C)C(=O)C(C)(C)C(O)CC(O)O1. The van der Waals surface area contributed by atoms with Crippen LogP contribution in [-0.4, -0.2) is 62.8 Å². The number of nitrogens with zero attached hydrogens (tertiary/aromatic N) is 1. The number of thiazole rings is 1. The summed E-state index contributed by atoms with van der Waals surface area (Å²) in [6.07, 6.45) is 1.98. The van der Waals surface area contributed by atoms with Gasteiger partial charge in [-0.25, -0.2) is 4.98 Å². The maximum Gasteiger partial charge on any atom is 0.157 e. The molecule has 7 nitrogen and oxygen atoms in total. The Morgan fingerprint density at radius 2 is 1.91 bits per heavy atom. The Bertz CT molecular complexity index is 869. The van der Waals surface area contributed by atoms with E-state index in [0.29, 0.717) is 18.5 Å². The summed E-state index contributed by atoms with van der Waals surface area (Å²) in [4.78, 5) is 17.7. The molecule has 0 radical (unpaired) electrons. The van der Waals surface area contributed by atoms with E-state index in [9.17, 15) is 20.1 Å². The topological polar surface area (TPSA) is 122 Å². The molecular formula is C26H42N2O5S. The van der Waals surface area contributed by atoms with Gasteiger partial charge in [-0.2, -0.15) is 0 Å². The summed E-state index contributed by atoms with van der Waals surface area (Å²) in [6.45, 7) is 11.0. The minimum atomic E-state index is -1.23. The van der Waals surface area contributed by atoms with Crippen LogP contribution < -0.4 is 5.32 Å². The first-order valence-corrected chi connectivity index (χ1v) is 13.4. The molecule has 1 aromatic heterocycles. The second-order valence-electron chi connectivity index (χ2n) is 10.9. The van der Waals surface area contributed by atoms with Crippen LogP contribution in [-0.2, 0) is 9.53 Å². The number of aliphatic hydroxyl groups excluding tert-OH is 3. The highest BCUT2D eigenvalue weighted by Gasteiger charge is 2.43. The number of carbonyl (C=O) groups is 1. The van der Waals surface area contributed by atoms with Crippen molar-refractivity contribution in [1.82, 2.24) is 10.3 Å². The lowest BCUT2D eigenvalue weighted by Crippen LogP contribution is -2.46. The fraction of sp³-hybridized carbons (Fsp3) is 0.769. The van der Waals surface area contributed by atoms with Crippen molar-refractivity contribution < 1.29 is 24.9 Å². The van der Waals surface area contributed by atoms with E-state index >= 15 is 0 Å². The zero-order chi connectivity index (χ0) is 25.2. The zero-order valence-electron chi connectivity index (χ0n) is 21.3. The Morgan fingerprint density at radius 1 is 1.21 bits per heavy atom. The molecule has 2 fully saturated rings. The van der Waals surface area contributed by atoms with Crippen molar-refractivity contribution in [3.05, 3.63) is 21.7 Å². The summed E-state index contributed by atoms with van der Waals surface area (Å²) >= 11 is 1.59. The number of ketones is 1. The molecule has 34 heavy (non-hydrogen) atoms. The Hall–Kier alpha value is -1.16. The highest BCUT2D eigenvalue weighted by atomic mass is 32.1. The molecule has 8 heteroatoms. The molecular weight excluding hydrogens is 452 g/mol. The molecule has 2 aliphatic rings. The Balaban J connectivity index is 1.81. The lowest BCUT2D eigenvalue weighted by Gasteiger charge is -2.35. The van der Waals surface area contributed by atoms with E-state index in [4.69, 9.17) is 4.74 Å². The quantitative estimate of drug-likeness (QED) is 0.465. The molecule has 5 unspecified atom stereocenters. The number of hydrogen-bond donors (Lipinski definition) is 4. The highest BCUT2D eigenvalue weighted by Crippen LogP contribution is 2.34. The van der Waals surface area contributed by atoms with Crippen LogP contribution in [0.15, 0.2) is 11.0 Å². The van der Waals surface area contributed by atoms with Crippen LogP contribution in [0.4, 0.5) is 0 Å². The average molecular weight is 495 g/mol. The molecule has 3 rings (SSSR count). The Kier molecular flexibility index (Phi) is 9.09. The fourth-order valence-corrected chi connectivity index (χ4v) is 5.62. The van der Waals surface area contributed by atoms with E-state index < -0.39 is 29.8 Å². The molecule has 2 aliphatic heterocycles. The Labute approximate surface area is 207 Å². The summed E-state index contributed by atoms with van der Waals surface area (Å²) in [5.74, 6) is -0.809. The largest absolute Gasteiger partial charge is 0.392 e. The normalized spacial score (nSPS) is 38.4. The summed E-state index contributed by atoms with van der Waals surface area (Å²) in [7, 11) is 0. The molecule has 2 saturated heterocycles. The minimum absolute atomic E-state index is 0.00887. The van der Waals surface area contributed by atoms with Crippen molar-refractivity contribution in [3.8, 4) is 0 Å². The van der Waals surface area contributed by atoms with Gasteiger partial charge in [-0.15, -0.1) is 11.3 Å². The van der Waals surface area contributed by atoms with E-state index in [1.807, 2.05) is 32.2 Å². The molecule has 0 bridgehead atoms. The standard InChI is InChI=1S/C26H42N2O5S/c1-14-8-7-9-19-20(28-19)11-21(15(2)10-18-13-34-17(4)27-18)33-23(30)12-22(29)26(5,6)25(32)16(3)24(14)31/h10,13-14,16,19-24,28-31H,7-9,11-12H2,1-6H3/b15-10+/t14-,16+,19?,20?,21?,22?,23?,24-/m0/s1. The molecule has 0 saturated carbocycles. The second-order valence-corrected chi connectivity index (χ2v) is 12.0. The van der Waals surface area contributed by atoms with Crippen molar-refractivity contribution in [1.29, 1.82) is 0 Å². The highest BCUT2D eigenvalue weighted by molar-refractivity contribution is 7.09. The van der Waals surface area contributed by atoms with Gasteiger partial charge in [0.05, 0.1) is 29.0 Å². The van der Waals surface area contributed by atoms with E-state index in [-0.39, 0.29) is 24.2 Å². The molecule has 4 N–H and O–H groups in total. The van der Waals surface area contributed by atoms with Crippen LogP contribution in [0.5, 0.6) is 0 Å². The third kappa shape index (κ3) is 6.74. The number of aromatic nitrogens is 1. The van der Waals surface area contributed by atoms with Gasteiger partial charge < -0.3 is 25.4 Å². The summed E-state index contributed by atoms with van der Waals surface area (Å²) in [5.41, 5.74) is 0.718. The van der Waals surface area contributed by atoms with Gasteiger partial charge in [0.1, 0.15) is 5.78 Å². The lowest BCUT2D eigenvalue weighted by molar-refractivity contribution is -0.162. The molecule has 8 atom stereocenters. The maximum absolute atomic E-state index is 13.2. The molecule has 0 amide bonds. The first-order valence-electron chi connectivity index (χ1n) is 12.5. The molecule has 0 aromatic carbocycles. The lowest BCUT2D eigenvalue weighted by atomic mass is 9.73. The second kappa shape index (κ2) is 11.3. The van der Waals surface area contributed by atoms with Gasteiger partial charge in [-0.3, -0.25) is 4.79 Å². The van der Waals surface area contributed by atoms with E-state index in [0.717, 1.165) is 35.5 Å². The van der Waals surface area contributed by atoms with Crippen molar-refractivity contribution in [3.63, 3.8) is 0 Å². The molecule has 3 heterocycles. The third-order valence-electron chi connectivity index (χ3n) is 7.69. The van der Waals surface area contributed by atoms with Crippen molar-refractivity contribution >= 4 is 23.2 Å². The number of rotatable bonds is 2. The van der Waals surface area contributed by atoms with Crippen molar-refractivity contribution in [2.24, 2.45) is 17.3 Å². The Morgan fingerprint density at radius 3 is 2.56 bits per heavy atom. The average Bonchev–Trinajstić information content (AvgIpc) is 3.38. The first kappa shape index (κ1) is 27.4. The maximum atomic E-state index is 13.2. The molecule has 192 valence electrons. The summed E-state index contributed by atoms with van der Waals surface area (Å²) in [5, 5.41) is 39.0. The number of carbonyl (C=O) groups excluding carboxylic acids is 1. The number of aryl methyl sites for hydroxylation is 1. The first-order chi connectivity index (χ1) is 15.9. The van der Waals surface area contributed by atoms with Gasteiger partial charge in [0, 0.05) is 35.2 Å². The number of Topliss-reactive ketones (excluding diaryl/α,β-unsaturated/α-hetero) is 1. The molecule has 1 aromatic rings. The van der Waals surface area contributed by atoms with Crippen LogP contribution in [0.3, 0.4) is 0 Å². The zero-order valence-corrected chi connectivity index (χ0v) is 22.1. The monoisotopic (exact) mass is 494 g/mol. The predicted octanol–water partition coefficient (Wildman–Crippen LogP) is 3.45. The fourth-order valence-electron chi connectivity index (χ4n) is 5.05. The van der Waals surface area contributed by atoms with Crippen LogP contribution >= 0.6 is 11.3 Å². The smallest absolute Gasteiger partial charge is 0.157 e. The number of aliphatic hydroxyl groups is 3. The van der Waals surface area contributed by atoms with Crippen LogP contribution in [0.2, 0.25) is 0 Å². The predicted molar refractivity (Wildman–Crippen MR) is 134 cm³/mol. The van der Waals surface area contributed by atoms with Crippen molar-refractivity contribution in [2.75, 3.05) is 0 Å². The minimum Gasteiger partial charge on any atom is -0.392 e. The van der Waals surface area contributed by atoms with Gasteiger partial charge in [-0.05, 0) is 50.7 Å². The van der Waals surface area contributed by atoms with Gasteiger partial charge in [0.2, 0.25) is 0 Å². The van der Waals surface area contributed by atoms with Gasteiger partial charge in [-0.1, -0.05) is 34.1 Å². The number of nitrogens with one attached hydrogen (secondary N) is 1. The van der Waals surface area contributed by atoms with E-state index in [2.05, 4.69) is 10.3 Å². The van der Waals surface area contributed by atoms with Gasteiger partial charge in [0.15, 0.2) is 6.29 Å².